The summed E-state index contributed by atoms with van der Waals surface area (Å²) >= 11 is 6.30. The molecule has 0 radical (unpaired) electrons. The fourth-order valence-electron chi connectivity index (χ4n) is 3.85. The topological polar surface area (TPSA) is 41.6 Å². The van der Waals surface area contributed by atoms with Crippen molar-refractivity contribution < 1.29 is 13.3 Å². The van der Waals surface area contributed by atoms with Crippen molar-refractivity contribution in [2.24, 2.45) is 5.92 Å². The third-order valence-electron chi connectivity index (χ3n) is 5.51. The fourth-order valence-corrected chi connectivity index (χ4v) is 5.43. The number of benzene rings is 2. The van der Waals surface area contributed by atoms with Gasteiger partial charge in [0.05, 0.1) is 26.4 Å². The van der Waals surface area contributed by atoms with E-state index in [1.807, 2.05) is 12.1 Å². The first kappa shape index (κ1) is 19.7. The Labute approximate surface area is 172 Å². The fraction of sp³-hybridized carbons (Fsp3) is 0.429. The van der Waals surface area contributed by atoms with Gasteiger partial charge in [0.15, 0.2) is 6.73 Å². The lowest BCUT2D eigenvalue weighted by atomic mass is 9.90. The molecule has 7 heteroatoms. The summed E-state index contributed by atoms with van der Waals surface area (Å²) in [5, 5.41) is 3.60. The van der Waals surface area contributed by atoms with Crippen molar-refractivity contribution in [2.75, 3.05) is 37.4 Å². The van der Waals surface area contributed by atoms with E-state index in [-0.39, 0.29) is 5.82 Å². The van der Waals surface area contributed by atoms with Crippen LogP contribution in [0, 0.1) is 11.7 Å². The first-order chi connectivity index (χ1) is 13.6. The van der Waals surface area contributed by atoms with Crippen LogP contribution in [-0.4, -0.2) is 41.2 Å². The number of nitrogens with zero attached hydrogens (tertiary/aromatic N) is 1. The molecular formula is C21H24ClFN2O2S. The second-order valence-corrected chi connectivity index (χ2v) is 9.36. The number of anilines is 1. The quantitative estimate of drug-likeness (QED) is 0.753. The van der Waals surface area contributed by atoms with Crippen molar-refractivity contribution in [3.8, 4) is 5.75 Å². The summed E-state index contributed by atoms with van der Waals surface area (Å²) in [6, 6.07) is 10.4. The van der Waals surface area contributed by atoms with Gasteiger partial charge >= 0.3 is 0 Å². The molecule has 2 aromatic rings. The molecule has 2 aliphatic rings. The van der Waals surface area contributed by atoms with E-state index in [1.165, 1.54) is 17.7 Å². The van der Waals surface area contributed by atoms with E-state index in [0.29, 0.717) is 34.1 Å². The summed E-state index contributed by atoms with van der Waals surface area (Å²) in [6.07, 6.45) is 3.23. The molecule has 0 amide bonds. The molecule has 2 aromatic carbocycles. The number of hydrogen-bond acceptors (Lipinski definition) is 4. The van der Waals surface area contributed by atoms with Crippen molar-refractivity contribution >= 4 is 28.1 Å². The molecule has 150 valence electrons. The van der Waals surface area contributed by atoms with Gasteiger partial charge in [-0.05, 0) is 62.0 Å². The first-order valence-electron chi connectivity index (χ1n) is 9.64. The van der Waals surface area contributed by atoms with E-state index in [9.17, 15) is 8.60 Å². The molecule has 1 atom stereocenters. The summed E-state index contributed by atoms with van der Waals surface area (Å²) in [6.45, 7) is 3.24. The molecule has 4 rings (SSSR count). The Kier molecular flexibility index (Phi) is 6.19. The number of ether oxygens (including phenoxy) is 1. The maximum atomic E-state index is 13.0. The molecule has 2 heterocycles. The van der Waals surface area contributed by atoms with Crippen molar-refractivity contribution in [3.63, 3.8) is 0 Å². The van der Waals surface area contributed by atoms with Crippen molar-refractivity contribution in [1.29, 1.82) is 0 Å². The summed E-state index contributed by atoms with van der Waals surface area (Å²) in [7, 11) is -1.15. The van der Waals surface area contributed by atoms with Gasteiger partial charge in [0.25, 0.3) is 0 Å². The summed E-state index contributed by atoms with van der Waals surface area (Å²) < 4.78 is 31.2. The second kappa shape index (κ2) is 8.80. The van der Waals surface area contributed by atoms with Crippen molar-refractivity contribution in [2.45, 2.75) is 24.2 Å². The van der Waals surface area contributed by atoms with Crippen LogP contribution in [0.2, 0.25) is 5.02 Å². The molecule has 1 N–H and O–H groups in total. The number of piperidine rings is 1. The van der Waals surface area contributed by atoms with E-state index < -0.39 is 10.8 Å². The minimum Gasteiger partial charge on any atom is -0.471 e. The average Bonchev–Trinajstić information content (AvgIpc) is 3.15. The Hall–Kier alpha value is -1.63. The summed E-state index contributed by atoms with van der Waals surface area (Å²) in [5.74, 6) is 1.73. The molecule has 1 saturated heterocycles. The van der Waals surface area contributed by atoms with Crippen LogP contribution in [0.3, 0.4) is 0 Å². The van der Waals surface area contributed by atoms with Crippen LogP contribution in [0.15, 0.2) is 41.3 Å². The molecule has 0 bridgehead atoms. The third kappa shape index (κ3) is 4.67. The van der Waals surface area contributed by atoms with Gasteiger partial charge in [-0.2, -0.15) is 0 Å². The zero-order valence-electron chi connectivity index (χ0n) is 15.6. The Morgan fingerprint density at radius 2 is 1.96 bits per heavy atom. The summed E-state index contributed by atoms with van der Waals surface area (Å²) in [5.41, 5.74) is 2.05. The van der Waals surface area contributed by atoms with E-state index >= 15 is 0 Å². The van der Waals surface area contributed by atoms with E-state index in [0.717, 1.165) is 44.6 Å². The Morgan fingerprint density at radius 3 is 2.71 bits per heavy atom. The second-order valence-electron chi connectivity index (χ2n) is 7.41. The maximum absolute atomic E-state index is 13.0. The lowest BCUT2D eigenvalue weighted by molar-refractivity contribution is 0.193. The molecule has 0 saturated carbocycles. The highest BCUT2D eigenvalue weighted by atomic mass is 35.5. The van der Waals surface area contributed by atoms with Gasteiger partial charge in [-0.15, -0.1) is 0 Å². The van der Waals surface area contributed by atoms with Crippen LogP contribution in [0.25, 0.3) is 0 Å². The maximum Gasteiger partial charge on any atom is 0.159 e. The predicted molar refractivity (Wildman–Crippen MR) is 111 cm³/mol. The first-order valence-corrected chi connectivity index (χ1v) is 11.3. The average molecular weight is 423 g/mol. The van der Waals surface area contributed by atoms with Crippen LogP contribution >= 0.6 is 11.6 Å². The Morgan fingerprint density at radius 1 is 1.21 bits per heavy atom. The van der Waals surface area contributed by atoms with E-state index in [4.69, 9.17) is 16.3 Å². The number of halogens is 2. The van der Waals surface area contributed by atoms with Gasteiger partial charge < -0.3 is 15.0 Å². The smallest absolute Gasteiger partial charge is 0.159 e. The normalized spacial score (nSPS) is 18.4. The zero-order valence-corrected chi connectivity index (χ0v) is 17.2. The molecule has 1 unspecified atom stereocenters. The van der Waals surface area contributed by atoms with Crippen molar-refractivity contribution in [3.05, 3.63) is 52.8 Å². The van der Waals surface area contributed by atoms with Gasteiger partial charge in [0, 0.05) is 18.4 Å². The Balaban J connectivity index is 1.25. The monoisotopic (exact) mass is 422 g/mol. The van der Waals surface area contributed by atoms with Gasteiger partial charge in [-0.25, -0.2) is 4.39 Å². The standard InChI is InChI=1S/C21H24ClFN2O2S/c22-18-12-19-20(27-14-24-19)13-21(18)28(26)10-9-25-7-5-16(6-8-25)11-15-1-3-17(23)4-2-15/h1-4,12-13,16,24H,5-11,14H2. The van der Waals surface area contributed by atoms with Gasteiger partial charge in [0.2, 0.25) is 0 Å². The molecule has 28 heavy (non-hydrogen) atoms. The molecule has 0 spiro atoms. The van der Waals surface area contributed by atoms with Crippen LogP contribution < -0.4 is 10.1 Å². The lowest BCUT2D eigenvalue weighted by Gasteiger charge is -2.31. The number of rotatable bonds is 6. The lowest BCUT2D eigenvalue weighted by Crippen LogP contribution is -2.36. The largest absolute Gasteiger partial charge is 0.471 e. The van der Waals surface area contributed by atoms with Gasteiger partial charge in [0.1, 0.15) is 11.6 Å². The Bertz CT molecular complexity index is 854. The van der Waals surface area contributed by atoms with Gasteiger partial charge in [-0.1, -0.05) is 23.7 Å². The molecular weight excluding hydrogens is 399 g/mol. The molecule has 0 aromatic heterocycles. The minimum atomic E-state index is -1.15. The number of likely N-dealkylation sites (tertiary alicyclic amines) is 1. The molecule has 1 fully saturated rings. The number of hydrogen-bond donors (Lipinski definition) is 1. The molecule has 4 nitrogen and oxygen atoms in total. The summed E-state index contributed by atoms with van der Waals surface area (Å²) in [4.78, 5) is 3.02. The van der Waals surface area contributed by atoms with Gasteiger partial charge in [-0.3, -0.25) is 4.21 Å². The van der Waals surface area contributed by atoms with E-state index in [1.54, 1.807) is 12.1 Å². The molecule has 2 aliphatic heterocycles. The van der Waals surface area contributed by atoms with Crippen LogP contribution in [-0.2, 0) is 17.2 Å². The van der Waals surface area contributed by atoms with E-state index in [2.05, 4.69) is 10.2 Å². The van der Waals surface area contributed by atoms with Crippen LogP contribution in [0.5, 0.6) is 5.75 Å². The zero-order chi connectivity index (χ0) is 19.5. The highest BCUT2D eigenvalue weighted by molar-refractivity contribution is 7.85. The SMILES string of the molecule is O=S(CCN1CCC(Cc2ccc(F)cc2)CC1)c1cc2c(cc1Cl)NCO2. The predicted octanol–water partition coefficient (Wildman–Crippen LogP) is 4.30. The highest BCUT2D eigenvalue weighted by Crippen LogP contribution is 2.36. The van der Waals surface area contributed by atoms with Crippen LogP contribution in [0.1, 0.15) is 18.4 Å². The van der Waals surface area contributed by atoms with Crippen LogP contribution in [0.4, 0.5) is 10.1 Å². The molecule has 0 aliphatic carbocycles. The minimum absolute atomic E-state index is 0.183. The number of nitrogens with one attached hydrogen (secondary N) is 1. The number of fused-ring (bicyclic) bond motifs is 1. The third-order valence-corrected chi connectivity index (χ3v) is 7.31. The van der Waals surface area contributed by atoms with Crippen molar-refractivity contribution in [1.82, 2.24) is 4.90 Å². The highest BCUT2D eigenvalue weighted by Gasteiger charge is 2.22.